The van der Waals surface area contributed by atoms with Gasteiger partial charge < -0.3 is 51.0 Å². The molecule has 7 atom stereocenters. The Morgan fingerprint density at radius 1 is 0.986 bits per heavy atom. The zero-order valence-corrected chi connectivity index (χ0v) is 42.2. The summed E-state index contributed by atoms with van der Waals surface area (Å²) in [5.41, 5.74) is 13.7. The van der Waals surface area contributed by atoms with Crippen LogP contribution in [-0.4, -0.2) is 66.0 Å². The number of ether oxygens (including phenoxy) is 3. The maximum atomic E-state index is 14.2. The van der Waals surface area contributed by atoms with Gasteiger partial charge in [-0.05, 0) is 144 Å². The van der Waals surface area contributed by atoms with E-state index in [9.17, 15) is 25.2 Å². The molecule has 0 fully saturated rings. The number of aromatic hydroxyl groups is 1. The second kappa shape index (κ2) is 22.8. The molecule has 11 rings (SSSR count). The fourth-order valence-electron chi connectivity index (χ4n) is 11.6. The molecule has 4 aliphatic heterocycles. The highest BCUT2D eigenvalue weighted by Crippen LogP contribution is 2.51. The minimum atomic E-state index is -1.89. The first-order valence-corrected chi connectivity index (χ1v) is 25.7. The summed E-state index contributed by atoms with van der Waals surface area (Å²) in [7, 11) is 5.15. The van der Waals surface area contributed by atoms with Crippen LogP contribution in [0.4, 0.5) is 5.69 Å². The SMILES string of the molecule is CN=C(N)Nc1cccc(CCCC[C@@H]2C=C3C(O)=C[C@@H]2C[C@H]2CC(=O)CCc4ccc(OC)c(c4)OCc4c(C(O)O)cc5c(c(O)cc6c5c4C=C[C@@H]6C)[C@@H](C#CO2)[C@H](c2ccccc2)C[C@H]3CNC)c1. The van der Waals surface area contributed by atoms with Crippen molar-refractivity contribution in [3.05, 3.63) is 159 Å². The van der Waals surface area contributed by atoms with Crippen LogP contribution < -0.4 is 25.8 Å². The third-order valence-electron chi connectivity index (χ3n) is 15.4. The molecule has 12 nitrogen and oxygen atoms in total. The van der Waals surface area contributed by atoms with Crippen molar-refractivity contribution in [1.29, 1.82) is 0 Å². The summed E-state index contributed by atoms with van der Waals surface area (Å²) in [6.07, 6.45) is 14.3. The van der Waals surface area contributed by atoms with E-state index < -0.39 is 18.3 Å². The number of nitrogens with two attached hydrogens (primary N) is 1. The minimum absolute atomic E-state index is 0.0126. The maximum absolute atomic E-state index is 14.2. The molecule has 0 saturated heterocycles. The molecule has 380 valence electrons. The number of phenols is 1. The van der Waals surface area contributed by atoms with E-state index in [1.165, 1.54) is 5.56 Å². The molecule has 10 bridgehead atoms. The first-order valence-electron chi connectivity index (χ1n) is 25.7. The number of nitrogens with one attached hydrogen (secondary N) is 2. The summed E-state index contributed by atoms with van der Waals surface area (Å²) >= 11 is 0. The van der Waals surface area contributed by atoms with Gasteiger partial charge >= 0.3 is 0 Å². The third-order valence-corrected chi connectivity index (χ3v) is 15.4. The number of phenolic OH excluding ortho intramolecular Hbond substituents is 1. The van der Waals surface area contributed by atoms with Crippen LogP contribution in [0.2, 0.25) is 0 Å². The number of allylic oxidation sites excluding steroid dienone is 4. The number of rotatable bonds is 11. The Morgan fingerprint density at radius 2 is 1.82 bits per heavy atom. The number of hydrogen-bond acceptors (Lipinski definition) is 10. The van der Waals surface area contributed by atoms with Crippen molar-refractivity contribution in [2.24, 2.45) is 28.5 Å². The van der Waals surface area contributed by atoms with Crippen molar-refractivity contribution < 1.29 is 39.4 Å². The number of aliphatic hydroxyl groups is 3. The minimum Gasteiger partial charge on any atom is -0.508 e. The molecule has 0 radical (unpaired) electrons. The number of ketones is 1. The number of carbonyl (C=O) groups is 1. The van der Waals surface area contributed by atoms with Crippen molar-refractivity contribution in [2.45, 2.75) is 101 Å². The predicted molar refractivity (Wildman–Crippen MR) is 288 cm³/mol. The zero-order chi connectivity index (χ0) is 51.2. The smallest absolute Gasteiger partial charge is 0.192 e. The van der Waals surface area contributed by atoms with Gasteiger partial charge in [-0.3, -0.25) is 9.79 Å². The Kier molecular flexibility index (Phi) is 15.9. The predicted octanol–water partition coefficient (Wildman–Crippen LogP) is 10.4. The normalized spacial score (nSPS) is 23.0. The monoisotopic (exact) mass is 985 g/mol. The van der Waals surface area contributed by atoms with Gasteiger partial charge in [-0.1, -0.05) is 86.0 Å². The molecule has 6 aliphatic rings. The number of benzene rings is 5. The van der Waals surface area contributed by atoms with Gasteiger partial charge in [-0.15, -0.1) is 0 Å². The molecular weight excluding hydrogens is 917 g/mol. The molecule has 73 heavy (non-hydrogen) atoms. The lowest BCUT2D eigenvalue weighted by Crippen LogP contribution is -2.29. The summed E-state index contributed by atoms with van der Waals surface area (Å²) < 4.78 is 19.0. The largest absolute Gasteiger partial charge is 0.508 e. The Hall–Kier alpha value is -7.04. The first-order chi connectivity index (χ1) is 35.4. The van der Waals surface area contributed by atoms with Crippen LogP contribution >= 0.6 is 0 Å². The molecular formula is C61H68N4O8. The Balaban J connectivity index is 1.20. The third kappa shape index (κ3) is 11.3. The van der Waals surface area contributed by atoms with Crippen molar-refractivity contribution in [3.8, 4) is 29.3 Å². The number of nitrogens with zero attached hydrogens (tertiary/aromatic N) is 1. The van der Waals surface area contributed by atoms with Gasteiger partial charge in [0.1, 0.15) is 36.1 Å². The molecule has 8 N–H and O–H groups in total. The number of methoxy groups -OCH3 is 1. The number of Topliss-reactive ketones (excluding diaryl/α,β-unsaturated/α-hetero) is 1. The molecule has 0 unspecified atom stereocenters. The summed E-state index contributed by atoms with van der Waals surface area (Å²) in [5.74, 6) is 3.62. The quantitative estimate of drug-likeness (QED) is 0.0219. The van der Waals surface area contributed by atoms with E-state index in [-0.39, 0.29) is 71.9 Å². The maximum Gasteiger partial charge on any atom is 0.192 e. The topological polar surface area (TPSA) is 188 Å². The molecule has 5 aromatic carbocycles. The second-order valence-electron chi connectivity index (χ2n) is 20.1. The molecule has 4 heterocycles. The van der Waals surface area contributed by atoms with Gasteiger partial charge in [0, 0.05) is 66.6 Å². The van der Waals surface area contributed by atoms with Crippen LogP contribution in [-0.2, 0) is 29.0 Å². The van der Waals surface area contributed by atoms with Crippen LogP contribution in [0.25, 0.3) is 16.8 Å². The van der Waals surface area contributed by atoms with Crippen molar-refractivity contribution >= 4 is 34.3 Å². The Bertz CT molecular complexity index is 3020. The molecule has 0 amide bonds. The number of unbranched alkanes of at least 4 members (excludes halogenated alkanes) is 1. The summed E-state index contributed by atoms with van der Waals surface area (Å²) in [6, 6.07) is 27.6. The summed E-state index contributed by atoms with van der Waals surface area (Å²) in [6.45, 7) is 2.60. The highest BCUT2D eigenvalue weighted by atomic mass is 16.5. The zero-order valence-electron chi connectivity index (χ0n) is 42.2. The van der Waals surface area contributed by atoms with Crippen LogP contribution in [0.15, 0.2) is 119 Å². The van der Waals surface area contributed by atoms with Crippen LogP contribution in [0.1, 0.15) is 120 Å². The highest BCUT2D eigenvalue weighted by Gasteiger charge is 2.37. The van der Waals surface area contributed by atoms with Gasteiger partial charge in [0.15, 0.2) is 23.7 Å². The lowest BCUT2D eigenvalue weighted by atomic mass is 9.70. The molecule has 5 aromatic rings. The van der Waals surface area contributed by atoms with E-state index in [2.05, 4.69) is 71.0 Å². The van der Waals surface area contributed by atoms with E-state index in [0.29, 0.717) is 59.8 Å². The van der Waals surface area contributed by atoms with E-state index in [1.807, 2.05) is 73.8 Å². The number of hydrogen-bond donors (Lipinski definition) is 7. The van der Waals surface area contributed by atoms with E-state index >= 15 is 0 Å². The second-order valence-corrected chi connectivity index (χ2v) is 20.1. The Labute approximate surface area is 428 Å². The van der Waals surface area contributed by atoms with Crippen molar-refractivity contribution in [1.82, 2.24) is 5.32 Å². The first kappa shape index (κ1) is 50.9. The number of aliphatic hydroxyl groups excluding tert-OH is 2. The average molecular weight is 985 g/mol. The van der Waals surface area contributed by atoms with E-state index in [1.54, 1.807) is 20.2 Å². The summed E-state index contributed by atoms with van der Waals surface area (Å²) in [5, 5.41) is 55.4. The van der Waals surface area contributed by atoms with Gasteiger partial charge in [0.2, 0.25) is 0 Å². The number of aryl methyl sites for hydroxylation is 2. The van der Waals surface area contributed by atoms with Gasteiger partial charge in [-0.2, -0.15) is 0 Å². The summed E-state index contributed by atoms with van der Waals surface area (Å²) in [4.78, 5) is 18.3. The van der Waals surface area contributed by atoms with Crippen LogP contribution in [0.3, 0.4) is 0 Å². The van der Waals surface area contributed by atoms with E-state index in [0.717, 1.165) is 64.6 Å². The van der Waals surface area contributed by atoms with Crippen LogP contribution in [0.5, 0.6) is 17.2 Å². The highest BCUT2D eigenvalue weighted by molar-refractivity contribution is 6.01. The standard InChI is InChI=1S/C61H68N4O8/c1-36-17-21-46-53-35-73-57-26-38(19-22-56(57)71-4)18-20-44(66)31-45-27-41-30-54(67)50(28-40(41)15-9-8-11-37-12-10-16-43(25-37)65-61(62)64-3)42(34-63-2)29-49(39-13-6-5-7-14-39)47(23-24-72-45)59-52(32-51(53)60(69)70)58(46)48(36)33-55(59)68/h5-7,10,12-14,16-17,19,21-22,25-26,28,30,32-33,36,40-42,45,47,49,60,63,67-70H,8-9,11,15,18,20,27,29,31,34-35H2,1-4H3,(H3,62,64,65)/t36-,40+,41-,42-,45-,47-,49-/m0/s1. The van der Waals surface area contributed by atoms with Gasteiger partial charge in [0.25, 0.3) is 0 Å². The van der Waals surface area contributed by atoms with Crippen molar-refractivity contribution in [3.63, 3.8) is 0 Å². The average Bonchev–Trinajstić information content (AvgIpc) is 3.39. The number of guanidine groups is 1. The number of anilines is 1. The lowest BCUT2D eigenvalue weighted by molar-refractivity contribution is -0.121. The Morgan fingerprint density at radius 3 is 2.60 bits per heavy atom. The molecule has 12 heteroatoms. The van der Waals surface area contributed by atoms with E-state index in [4.69, 9.17) is 19.9 Å². The van der Waals surface area contributed by atoms with Gasteiger partial charge in [-0.25, -0.2) is 0 Å². The van der Waals surface area contributed by atoms with Crippen molar-refractivity contribution in [2.75, 3.05) is 33.1 Å². The fourth-order valence-corrected chi connectivity index (χ4v) is 11.6. The molecule has 0 saturated carbocycles. The number of carbonyl (C=O) groups excluding carboxylic acids is 1. The molecule has 0 spiro atoms. The van der Waals surface area contributed by atoms with Gasteiger partial charge in [0.05, 0.1) is 13.0 Å². The molecule has 0 aromatic heterocycles. The molecule has 2 aliphatic carbocycles. The fraction of sp³-hybridized carbons (Fsp3) is 0.377. The number of aliphatic imine (C=N–C) groups is 1. The van der Waals surface area contributed by atoms with Crippen LogP contribution in [0, 0.1) is 29.8 Å². The lowest BCUT2D eigenvalue weighted by Gasteiger charge is -2.34. The number of fused-ring (bicyclic) bond motifs is 8.